The van der Waals surface area contributed by atoms with Crippen molar-refractivity contribution < 1.29 is 26.7 Å². The molecule has 6 heteroatoms. The number of anilines is 2. The second kappa shape index (κ2) is 7.97. The van der Waals surface area contributed by atoms with Crippen LogP contribution in [-0.2, 0) is 4.74 Å². The van der Waals surface area contributed by atoms with Crippen molar-refractivity contribution in [1.82, 2.24) is 4.98 Å². The van der Waals surface area contributed by atoms with Gasteiger partial charge in [0.15, 0.2) is 5.78 Å². The molecule has 1 heterocycles. The molecule has 1 aromatic heterocycles. The number of carbonyl (C=O) groups excluding carboxylic acids is 2. The van der Waals surface area contributed by atoms with E-state index in [0.717, 1.165) is 28.0 Å². The van der Waals surface area contributed by atoms with Gasteiger partial charge in [-0.3, -0.25) is 9.78 Å². The molecule has 0 aliphatic carbocycles. The van der Waals surface area contributed by atoms with E-state index >= 15 is 0 Å². The van der Waals surface area contributed by atoms with Gasteiger partial charge in [0.1, 0.15) is 0 Å². The number of nitrogens with zero attached hydrogens (tertiary/aromatic N) is 1. The van der Waals surface area contributed by atoms with Crippen LogP contribution >= 0.6 is 0 Å². The lowest BCUT2D eigenvalue weighted by atomic mass is 10.1. The normalized spacial score (nSPS) is 10.1. The number of benzene rings is 2. The number of halogens is 1. The van der Waals surface area contributed by atoms with Crippen molar-refractivity contribution in [3.8, 4) is 0 Å². The number of hydrogen-bond acceptors (Lipinski definition) is 5. The number of Topliss-reactive ketones (excluding diaryl/α,β-unsaturated/α-hetero) is 1. The molecule has 0 atom stereocenters. The predicted octanol–water partition coefficient (Wildman–Crippen LogP) is 1.28. The van der Waals surface area contributed by atoms with Gasteiger partial charge in [-0.2, -0.15) is 0 Å². The first kappa shape index (κ1) is 19.4. The summed E-state index contributed by atoms with van der Waals surface area (Å²) in [6.07, 6.45) is 0. The highest BCUT2D eigenvalue weighted by molar-refractivity contribution is 6.00. The van der Waals surface area contributed by atoms with Crippen LogP contribution in [0.2, 0.25) is 0 Å². The number of pyridine rings is 1. The van der Waals surface area contributed by atoms with Gasteiger partial charge in [0.2, 0.25) is 0 Å². The number of rotatable bonds is 4. The Morgan fingerprint density at radius 3 is 2.50 bits per heavy atom. The Labute approximate surface area is 157 Å². The Morgan fingerprint density at radius 2 is 1.81 bits per heavy atom. The molecular formula is C20H18ClN2O3-. The fraction of sp³-hybridized carbons (Fsp3) is 0.150. The van der Waals surface area contributed by atoms with Gasteiger partial charge in [-0.05, 0) is 50.2 Å². The molecular weight excluding hydrogens is 352 g/mol. The van der Waals surface area contributed by atoms with E-state index in [4.69, 9.17) is 4.74 Å². The largest absolute Gasteiger partial charge is 1.00 e. The average Bonchev–Trinajstić information content (AvgIpc) is 2.60. The van der Waals surface area contributed by atoms with Crippen LogP contribution in [0.15, 0.2) is 48.5 Å². The first-order chi connectivity index (χ1) is 12.0. The molecule has 0 radical (unpaired) electrons. The summed E-state index contributed by atoms with van der Waals surface area (Å²) in [4.78, 5) is 27.9. The Kier molecular flexibility index (Phi) is 5.95. The first-order valence-corrected chi connectivity index (χ1v) is 7.85. The van der Waals surface area contributed by atoms with Gasteiger partial charge < -0.3 is 22.5 Å². The van der Waals surface area contributed by atoms with E-state index < -0.39 is 5.97 Å². The summed E-state index contributed by atoms with van der Waals surface area (Å²) in [7, 11) is 1.35. The summed E-state index contributed by atoms with van der Waals surface area (Å²) in [6.45, 7) is 3.44. The van der Waals surface area contributed by atoms with Crippen molar-refractivity contribution in [2.75, 3.05) is 12.4 Å². The highest BCUT2D eigenvalue weighted by atomic mass is 35.5. The second-order valence-electron chi connectivity index (χ2n) is 5.80. The van der Waals surface area contributed by atoms with Crippen molar-refractivity contribution in [2.45, 2.75) is 13.8 Å². The van der Waals surface area contributed by atoms with E-state index in [1.165, 1.54) is 14.0 Å². The fourth-order valence-corrected chi connectivity index (χ4v) is 2.68. The van der Waals surface area contributed by atoms with E-state index in [9.17, 15) is 9.59 Å². The molecule has 3 rings (SSSR count). The summed E-state index contributed by atoms with van der Waals surface area (Å²) in [6, 6.07) is 14.4. The Bertz CT molecular complexity index is 986. The highest BCUT2D eigenvalue weighted by Gasteiger charge is 2.11. The molecule has 0 fully saturated rings. The van der Waals surface area contributed by atoms with Crippen molar-refractivity contribution in [1.29, 1.82) is 0 Å². The number of esters is 1. The van der Waals surface area contributed by atoms with Gasteiger partial charge in [0, 0.05) is 28.0 Å². The number of aryl methyl sites for hydroxylation is 1. The molecule has 0 saturated heterocycles. The average molecular weight is 370 g/mol. The lowest BCUT2D eigenvalue weighted by Crippen LogP contribution is -3.00. The third kappa shape index (κ3) is 4.00. The van der Waals surface area contributed by atoms with E-state index in [1.54, 1.807) is 30.3 Å². The molecule has 2 aromatic carbocycles. The zero-order chi connectivity index (χ0) is 18.0. The molecule has 134 valence electrons. The quantitative estimate of drug-likeness (QED) is 0.554. The molecule has 3 aromatic rings. The number of carbonyl (C=O) groups is 2. The van der Waals surface area contributed by atoms with Crippen molar-refractivity contribution in [3.05, 3.63) is 65.4 Å². The molecule has 0 unspecified atom stereocenters. The van der Waals surface area contributed by atoms with Gasteiger partial charge in [0.25, 0.3) is 0 Å². The zero-order valence-corrected chi connectivity index (χ0v) is 15.4. The Hall–Kier alpha value is -2.92. The predicted molar refractivity (Wildman–Crippen MR) is 97.5 cm³/mol. The number of ether oxygens (including phenoxy) is 1. The van der Waals surface area contributed by atoms with Crippen LogP contribution in [0.4, 0.5) is 11.4 Å². The molecule has 0 bridgehead atoms. The Morgan fingerprint density at radius 1 is 1.04 bits per heavy atom. The number of nitrogens with one attached hydrogen (secondary N) is 1. The van der Waals surface area contributed by atoms with Crippen molar-refractivity contribution >= 4 is 34.0 Å². The van der Waals surface area contributed by atoms with Gasteiger partial charge in [-0.1, -0.05) is 12.1 Å². The monoisotopic (exact) mass is 369 g/mol. The molecule has 0 aliphatic rings. The standard InChI is InChI=1S/C20H18N2O3.ClH/c1-12-9-19(22-16-6-4-5-14(10-16)13(2)23)17-11-15(20(24)25-3)7-8-18(17)21-12;/h4-11H,1-3H3,(H,21,22);1H/p-1. The van der Waals surface area contributed by atoms with Crippen LogP contribution < -0.4 is 17.7 Å². The summed E-state index contributed by atoms with van der Waals surface area (Å²) < 4.78 is 4.79. The maximum absolute atomic E-state index is 11.8. The summed E-state index contributed by atoms with van der Waals surface area (Å²) >= 11 is 0. The van der Waals surface area contributed by atoms with Crippen LogP contribution in [0.1, 0.15) is 33.3 Å². The van der Waals surface area contributed by atoms with Crippen molar-refractivity contribution in [3.63, 3.8) is 0 Å². The van der Waals surface area contributed by atoms with E-state index in [2.05, 4.69) is 10.3 Å². The first-order valence-electron chi connectivity index (χ1n) is 7.85. The minimum absolute atomic E-state index is 0. The molecule has 0 amide bonds. The molecule has 1 N–H and O–H groups in total. The lowest BCUT2D eigenvalue weighted by molar-refractivity contribution is -0.0000274. The third-order valence-corrected chi connectivity index (χ3v) is 3.91. The summed E-state index contributed by atoms with van der Waals surface area (Å²) in [5.41, 5.74) is 4.33. The smallest absolute Gasteiger partial charge is 0.337 e. The summed E-state index contributed by atoms with van der Waals surface area (Å²) in [5, 5.41) is 4.13. The SMILES string of the molecule is COC(=O)c1ccc2nc(C)cc(Nc3cccc(C(C)=O)c3)c2c1.[Cl-]. The topological polar surface area (TPSA) is 68.3 Å². The van der Waals surface area contributed by atoms with Gasteiger partial charge >= 0.3 is 5.97 Å². The van der Waals surface area contributed by atoms with Crippen LogP contribution in [0.25, 0.3) is 10.9 Å². The lowest BCUT2D eigenvalue weighted by Gasteiger charge is -2.12. The minimum Gasteiger partial charge on any atom is -1.00 e. The van der Waals surface area contributed by atoms with Crippen molar-refractivity contribution in [2.24, 2.45) is 0 Å². The van der Waals surface area contributed by atoms with Crippen LogP contribution in [0, 0.1) is 6.92 Å². The number of ketones is 1. The molecule has 26 heavy (non-hydrogen) atoms. The van der Waals surface area contributed by atoms with E-state index in [-0.39, 0.29) is 18.2 Å². The van der Waals surface area contributed by atoms with Gasteiger partial charge in [-0.25, -0.2) is 4.79 Å². The minimum atomic E-state index is -0.396. The van der Waals surface area contributed by atoms with Gasteiger partial charge in [0.05, 0.1) is 18.2 Å². The fourth-order valence-electron chi connectivity index (χ4n) is 2.68. The van der Waals surface area contributed by atoms with E-state index in [0.29, 0.717) is 11.1 Å². The zero-order valence-electron chi connectivity index (χ0n) is 14.7. The number of hydrogen-bond donors (Lipinski definition) is 1. The summed E-state index contributed by atoms with van der Waals surface area (Å²) in [5.74, 6) is -0.389. The molecule has 0 spiro atoms. The van der Waals surface area contributed by atoms with E-state index in [1.807, 2.05) is 25.1 Å². The molecule has 0 saturated carbocycles. The molecule has 0 aliphatic heterocycles. The number of aromatic nitrogens is 1. The molecule has 5 nitrogen and oxygen atoms in total. The maximum Gasteiger partial charge on any atom is 0.337 e. The number of methoxy groups -OCH3 is 1. The van der Waals surface area contributed by atoms with Crippen LogP contribution in [0.5, 0.6) is 0 Å². The third-order valence-electron chi connectivity index (χ3n) is 3.91. The number of fused-ring (bicyclic) bond motifs is 1. The second-order valence-corrected chi connectivity index (χ2v) is 5.80. The Balaban J connectivity index is 0.00000243. The van der Waals surface area contributed by atoms with Gasteiger partial charge in [-0.15, -0.1) is 0 Å². The maximum atomic E-state index is 11.8. The van der Waals surface area contributed by atoms with Crippen LogP contribution in [-0.4, -0.2) is 23.8 Å². The highest BCUT2D eigenvalue weighted by Crippen LogP contribution is 2.28. The van der Waals surface area contributed by atoms with Crippen LogP contribution in [0.3, 0.4) is 0 Å².